The van der Waals surface area contributed by atoms with Gasteiger partial charge in [0.1, 0.15) is 0 Å². The Morgan fingerprint density at radius 3 is 2.56 bits per heavy atom. The molecule has 2 heteroatoms. The van der Waals surface area contributed by atoms with Crippen LogP contribution >= 0.6 is 0 Å². The molecular weight excluding hydrogens is 196 g/mol. The van der Waals surface area contributed by atoms with Crippen molar-refractivity contribution >= 4 is 0 Å². The maximum absolute atomic E-state index is 3.69. The quantitative estimate of drug-likeness (QED) is 0.790. The van der Waals surface area contributed by atoms with Crippen LogP contribution in [0.1, 0.15) is 58.8 Å². The second kappa shape index (κ2) is 6.02. The molecule has 2 atom stereocenters. The van der Waals surface area contributed by atoms with E-state index in [0.29, 0.717) is 0 Å². The van der Waals surface area contributed by atoms with Gasteiger partial charge in [0.25, 0.3) is 0 Å². The molecule has 1 aliphatic carbocycles. The van der Waals surface area contributed by atoms with E-state index in [1.807, 2.05) is 0 Å². The van der Waals surface area contributed by atoms with Crippen LogP contribution in [0, 0.1) is 0 Å². The average Bonchev–Trinajstić information content (AvgIpc) is 2.80. The van der Waals surface area contributed by atoms with E-state index in [9.17, 15) is 0 Å². The Kier molecular flexibility index (Phi) is 4.66. The van der Waals surface area contributed by atoms with Crippen LogP contribution in [-0.2, 0) is 0 Å². The second-order valence-corrected chi connectivity index (χ2v) is 5.70. The van der Waals surface area contributed by atoms with E-state index in [4.69, 9.17) is 0 Å². The number of hydrogen-bond donors (Lipinski definition) is 1. The predicted molar refractivity (Wildman–Crippen MR) is 69.7 cm³/mol. The van der Waals surface area contributed by atoms with Crippen LogP contribution in [0.2, 0.25) is 0 Å². The molecule has 2 fully saturated rings. The smallest absolute Gasteiger partial charge is 0.00980 e. The van der Waals surface area contributed by atoms with Crippen LogP contribution in [0.15, 0.2) is 0 Å². The molecule has 0 radical (unpaired) electrons. The summed E-state index contributed by atoms with van der Waals surface area (Å²) in [5.41, 5.74) is 0. The van der Waals surface area contributed by atoms with Crippen molar-refractivity contribution < 1.29 is 0 Å². The summed E-state index contributed by atoms with van der Waals surface area (Å²) in [7, 11) is 0. The topological polar surface area (TPSA) is 15.3 Å². The van der Waals surface area contributed by atoms with Crippen LogP contribution in [0.5, 0.6) is 0 Å². The zero-order valence-electron chi connectivity index (χ0n) is 11.0. The Morgan fingerprint density at radius 2 is 1.94 bits per heavy atom. The van der Waals surface area contributed by atoms with Crippen molar-refractivity contribution in [2.45, 2.75) is 76.9 Å². The molecule has 1 N–H and O–H groups in total. The lowest BCUT2D eigenvalue weighted by molar-refractivity contribution is 0.0902. The highest BCUT2D eigenvalue weighted by atomic mass is 15.2. The van der Waals surface area contributed by atoms with Gasteiger partial charge in [0, 0.05) is 24.7 Å². The Balaban J connectivity index is 1.78. The van der Waals surface area contributed by atoms with Crippen molar-refractivity contribution in [3.05, 3.63) is 0 Å². The SMILES string of the molecule is CCCNC1CCN(C2CCCC2)C(C)C1. The van der Waals surface area contributed by atoms with Crippen molar-refractivity contribution in [3.63, 3.8) is 0 Å². The van der Waals surface area contributed by atoms with Gasteiger partial charge in [-0.05, 0) is 45.6 Å². The van der Waals surface area contributed by atoms with Gasteiger partial charge in [0.2, 0.25) is 0 Å². The third kappa shape index (κ3) is 2.98. The van der Waals surface area contributed by atoms with E-state index < -0.39 is 0 Å². The Bertz CT molecular complexity index is 199. The highest BCUT2D eigenvalue weighted by Gasteiger charge is 2.31. The van der Waals surface area contributed by atoms with Gasteiger partial charge in [-0.15, -0.1) is 0 Å². The third-order valence-electron chi connectivity index (χ3n) is 4.40. The highest BCUT2D eigenvalue weighted by Crippen LogP contribution is 2.29. The molecule has 0 aromatic heterocycles. The number of piperidine rings is 1. The first kappa shape index (κ1) is 12.4. The fraction of sp³-hybridized carbons (Fsp3) is 1.00. The van der Waals surface area contributed by atoms with E-state index in [1.165, 1.54) is 58.0 Å². The van der Waals surface area contributed by atoms with Gasteiger partial charge in [0.05, 0.1) is 0 Å². The Labute approximate surface area is 101 Å². The molecule has 2 unspecified atom stereocenters. The molecule has 0 aromatic carbocycles. The van der Waals surface area contributed by atoms with Crippen molar-refractivity contribution in [1.29, 1.82) is 0 Å². The molecule has 2 aliphatic rings. The maximum atomic E-state index is 3.69. The summed E-state index contributed by atoms with van der Waals surface area (Å²) >= 11 is 0. The van der Waals surface area contributed by atoms with E-state index in [-0.39, 0.29) is 0 Å². The summed E-state index contributed by atoms with van der Waals surface area (Å²) in [6.45, 7) is 7.20. The lowest BCUT2D eigenvalue weighted by atomic mass is 9.96. The predicted octanol–water partition coefficient (Wildman–Crippen LogP) is 2.78. The van der Waals surface area contributed by atoms with E-state index >= 15 is 0 Å². The molecule has 1 aliphatic heterocycles. The average molecular weight is 224 g/mol. The first-order valence-electron chi connectivity index (χ1n) is 7.30. The molecule has 94 valence electrons. The zero-order chi connectivity index (χ0) is 11.4. The summed E-state index contributed by atoms with van der Waals surface area (Å²) in [4.78, 5) is 2.79. The van der Waals surface area contributed by atoms with Gasteiger partial charge in [-0.3, -0.25) is 4.90 Å². The van der Waals surface area contributed by atoms with Gasteiger partial charge in [-0.2, -0.15) is 0 Å². The summed E-state index contributed by atoms with van der Waals surface area (Å²) < 4.78 is 0. The Morgan fingerprint density at radius 1 is 1.19 bits per heavy atom. The highest BCUT2D eigenvalue weighted by molar-refractivity contribution is 4.88. The number of likely N-dealkylation sites (tertiary alicyclic amines) is 1. The van der Waals surface area contributed by atoms with Crippen molar-refractivity contribution in [3.8, 4) is 0 Å². The lowest BCUT2D eigenvalue weighted by Crippen LogP contribution is -2.50. The first-order chi connectivity index (χ1) is 7.81. The van der Waals surface area contributed by atoms with Gasteiger partial charge in [-0.1, -0.05) is 19.8 Å². The molecule has 0 bridgehead atoms. The second-order valence-electron chi connectivity index (χ2n) is 5.70. The summed E-state index contributed by atoms with van der Waals surface area (Å²) in [5.74, 6) is 0. The molecule has 0 spiro atoms. The molecule has 2 rings (SSSR count). The van der Waals surface area contributed by atoms with Gasteiger partial charge < -0.3 is 5.32 Å². The maximum Gasteiger partial charge on any atom is 0.00980 e. The van der Waals surface area contributed by atoms with Crippen molar-refractivity contribution in [1.82, 2.24) is 10.2 Å². The fourth-order valence-electron chi connectivity index (χ4n) is 3.50. The van der Waals surface area contributed by atoms with Crippen LogP contribution in [0.3, 0.4) is 0 Å². The number of rotatable bonds is 4. The molecule has 1 saturated heterocycles. The molecule has 1 saturated carbocycles. The molecule has 0 amide bonds. The third-order valence-corrected chi connectivity index (χ3v) is 4.40. The molecule has 1 heterocycles. The van der Waals surface area contributed by atoms with E-state index in [2.05, 4.69) is 24.1 Å². The van der Waals surface area contributed by atoms with E-state index in [0.717, 1.165) is 18.1 Å². The van der Waals surface area contributed by atoms with E-state index in [1.54, 1.807) is 0 Å². The van der Waals surface area contributed by atoms with Crippen LogP contribution in [0.4, 0.5) is 0 Å². The zero-order valence-corrected chi connectivity index (χ0v) is 11.0. The van der Waals surface area contributed by atoms with Crippen LogP contribution in [0.25, 0.3) is 0 Å². The number of hydrogen-bond acceptors (Lipinski definition) is 2. The molecule has 16 heavy (non-hydrogen) atoms. The minimum absolute atomic E-state index is 0.785. The standard InChI is InChI=1S/C14H28N2/c1-3-9-15-13-8-10-16(12(2)11-13)14-6-4-5-7-14/h12-15H,3-11H2,1-2H3. The van der Waals surface area contributed by atoms with Gasteiger partial charge >= 0.3 is 0 Å². The van der Waals surface area contributed by atoms with Gasteiger partial charge in [0.15, 0.2) is 0 Å². The lowest BCUT2D eigenvalue weighted by Gasteiger charge is -2.41. The van der Waals surface area contributed by atoms with Crippen LogP contribution in [-0.4, -0.2) is 36.1 Å². The summed E-state index contributed by atoms with van der Waals surface area (Å²) in [6, 6.07) is 2.50. The van der Waals surface area contributed by atoms with Gasteiger partial charge in [-0.25, -0.2) is 0 Å². The number of nitrogens with one attached hydrogen (secondary N) is 1. The largest absolute Gasteiger partial charge is 0.314 e. The fourth-order valence-corrected chi connectivity index (χ4v) is 3.50. The van der Waals surface area contributed by atoms with Crippen molar-refractivity contribution in [2.24, 2.45) is 0 Å². The van der Waals surface area contributed by atoms with Crippen molar-refractivity contribution in [2.75, 3.05) is 13.1 Å². The minimum Gasteiger partial charge on any atom is -0.314 e. The summed E-state index contributed by atoms with van der Waals surface area (Å²) in [6.07, 6.45) is 9.82. The first-order valence-corrected chi connectivity index (χ1v) is 7.30. The Hall–Kier alpha value is -0.0800. The number of nitrogens with zero attached hydrogens (tertiary/aromatic N) is 1. The molecule has 0 aromatic rings. The summed E-state index contributed by atoms with van der Waals surface area (Å²) in [5, 5.41) is 3.69. The monoisotopic (exact) mass is 224 g/mol. The van der Waals surface area contributed by atoms with Crippen LogP contribution < -0.4 is 5.32 Å². The minimum atomic E-state index is 0.785. The molecule has 2 nitrogen and oxygen atoms in total. The molecular formula is C14H28N2. The normalized spacial score (nSPS) is 33.4.